The molecule has 2 fully saturated rings. The van der Waals surface area contributed by atoms with Gasteiger partial charge < -0.3 is 24.4 Å². The Morgan fingerprint density at radius 1 is 1.30 bits per heavy atom. The van der Waals surface area contributed by atoms with Crippen LogP contribution in [0.5, 0.6) is 0 Å². The molecule has 27 heavy (non-hydrogen) atoms. The zero-order chi connectivity index (χ0) is 19.8. The second-order valence-electron chi connectivity index (χ2n) is 7.66. The Bertz CT molecular complexity index is 667. The van der Waals surface area contributed by atoms with Crippen molar-refractivity contribution in [3.8, 4) is 0 Å². The Morgan fingerprint density at radius 2 is 1.96 bits per heavy atom. The second kappa shape index (κ2) is 7.35. The number of aliphatic hydroxyl groups excluding tert-OH is 2. The Labute approximate surface area is 157 Å². The number of hydrogen-bond donors (Lipinski definition) is 2. The fourth-order valence-electron chi connectivity index (χ4n) is 3.47. The van der Waals surface area contributed by atoms with E-state index in [1.807, 2.05) is 30.3 Å². The van der Waals surface area contributed by atoms with E-state index >= 15 is 4.39 Å². The summed E-state index contributed by atoms with van der Waals surface area (Å²) in [5, 5.41) is 21.1. The molecule has 1 aromatic carbocycles. The van der Waals surface area contributed by atoms with Crippen LogP contribution in [0.1, 0.15) is 26.3 Å². The monoisotopic (exact) mass is 383 g/mol. The Kier molecular flexibility index (Phi) is 5.45. The summed E-state index contributed by atoms with van der Waals surface area (Å²) < 4.78 is 31.3. The van der Waals surface area contributed by atoms with Gasteiger partial charge in [-0.2, -0.15) is 0 Å². The molecule has 2 N–H and O–H groups in total. The predicted molar refractivity (Wildman–Crippen MR) is 93.6 cm³/mol. The van der Waals surface area contributed by atoms with E-state index in [0.717, 1.165) is 17.4 Å². The average molecular weight is 383 g/mol. The Balaban J connectivity index is 1.74. The van der Waals surface area contributed by atoms with E-state index in [1.165, 1.54) is 0 Å². The number of nitrogens with zero attached hydrogens (tertiary/aromatic N) is 1. The molecule has 7 nitrogen and oxygen atoms in total. The van der Waals surface area contributed by atoms with Gasteiger partial charge in [0.2, 0.25) is 0 Å². The van der Waals surface area contributed by atoms with E-state index in [4.69, 9.17) is 14.2 Å². The maximum atomic E-state index is 15.4. The van der Waals surface area contributed by atoms with E-state index in [-0.39, 0.29) is 13.2 Å². The van der Waals surface area contributed by atoms with Crippen molar-refractivity contribution < 1.29 is 33.6 Å². The van der Waals surface area contributed by atoms with Crippen LogP contribution in [0.15, 0.2) is 30.3 Å². The number of carbonyl (C=O) groups excluding carboxylic acids is 1. The zero-order valence-corrected chi connectivity index (χ0v) is 15.7. The van der Waals surface area contributed by atoms with Gasteiger partial charge in [0.05, 0.1) is 12.6 Å². The summed E-state index contributed by atoms with van der Waals surface area (Å²) >= 11 is 0. The highest BCUT2D eigenvalue weighted by atomic mass is 19.1. The maximum absolute atomic E-state index is 15.4. The first-order chi connectivity index (χ1) is 12.6. The van der Waals surface area contributed by atoms with Crippen molar-refractivity contribution in [2.24, 2.45) is 0 Å². The number of ether oxygens (including phenoxy) is 3. The van der Waals surface area contributed by atoms with Gasteiger partial charge in [-0.05, 0) is 32.8 Å². The lowest BCUT2D eigenvalue weighted by molar-refractivity contribution is -0.191. The first-order valence-electron chi connectivity index (χ1n) is 8.97. The van der Waals surface area contributed by atoms with E-state index in [2.05, 4.69) is 0 Å². The molecule has 8 heteroatoms. The standard InChI is InChI=1S/C19H26FNO6/c1-18(2)26-11-14(27-18)15(22)19(3,20)16(23)21-13(10-25-17(21)24)9-12-7-5-4-6-8-12/h4-8,13-16,22-23H,9-11H2,1-3H3/t13?,14-,15-,16?,19-/m1/s1. The minimum absolute atomic E-state index is 0.0156. The first kappa shape index (κ1) is 20.0. The number of amides is 1. The smallest absolute Gasteiger partial charge is 0.412 e. The van der Waals surface area contributed by atoms with E-state index in [9.17, 15) is 15.0 Å². The molecule has 3 rings (SSSR count). The number of carbonyl (C=O) groups is 1. The van der Waals surface area contributed by atoms with Crippen LogP contribution in [0, 0.1) is 0 Å². The molecular formula is C19H26FNO6. The minimum Gasteiger partial charge on any atom is -0.447 e. The number of benzene rings is 1. The minimum atomic E-state index is -2.55. The summed E-state index contributed by atoms with van der Waals surface area (Å²) in [5.41, 5.74) is -1.62. The number of halogens is 1. The molecule has 0 saturated carbocycles. The van der Waals surface area contributed by atoms with Crippen molar-refractivity contribution in [3.63, 3.8) is 0 Å². The highest BCUT2D eigenvalue weighted by Gasteiger charge is 2.54. The summed E-state index contributed by atoms with van der Waals surface area (Å²) in [5.74, 6) is -0.949. The van der Waals surface area contributed by atoms with Crippen LogP contribution in [0.4, 0.5) is 9.18 Å². The molecule has 5 atom stereocenters. The van der Waals surface area contributed by atoms with Crippen molar-refractivity contribution in [1.82, 2.24) is 4.90 Å². The predicted octanol–water partition coefficient (Wildman–Crippen LogP) is 1.61. The van der Waals surface area contributed by atoms with Crippen molar-refractivity contribution in [3.05, 3.63) is 35.9 Å². The zero-order valence-electron chi connectivity index (χ0n) is 15.7. The number of aliphatic hydroxyl groups is 2. The van der Waals surface area contributed by atoms with Crippen LogP contribution in [-0.2, 0) is 20.6 Å². The molecule has 2 aliphatic heterocycles. The summed E-state index contributed by atoms with van der Waals surface area (Å²) in [6.07, 6.45) is -4.98. The van der Waals surface area contributed by atoms with Crippen LogP contribution in [0.25, 0.3) is 0 Å². The van der Waals surface area contributed by atoms with Crippen LogP contribution in [0.3, 0.4) is 0 Å². The lowest BCUT2D eigenvalue weighted by Gasteiger charge is -2.39. The van der Waals surface area contributed by atoms with Gasteiger partial charge in [-0.25, -0.2) is 9.18 Å². The molecule has 0 bridgehead atoms. The second-order valence-corrected chi connectivity index (χ2v) is 7.66. The van der Waals surface area contributed by atoms with Crippen LogP contribution in [0.2, 0.25) is 0 Å². The third-order valence-corrected chi connectivity index (χ3v) is 5.05. The number of alkyl halides is 1. The highest BCUT2D eigenvalue weighted by Crippen LogP contribution is 2.34. The fraction of sp³-hybridized carbons (Fsp3) is 0.632. The molecule has 1 aromatic rings. The van der Waals surface area contributed by atoms with Gasteiger partial charge in [0.25, 0.3) is 0 Å². The molecular weight excluding hydrogens is 357 g/mol. The van der Waals surface area contributed by atoms with Crippen molar-refractivity contribution in [1.29, 1.82) is 0 Å². The van der Waals surface area contributed by atoms with Gasteiger partial charge in [0, 0.05) is 0 Å². The SMILES string of the molecule is CC1(C)OC[C@H]([C@@H](O)[C@@](C)(F)C(O)N2C(=O)OCC2Cc2ccccc2)O1. The van der Waals surface area contributed by atoms with Gasteiger partial charge in [-0.3, -0.25) is 4.90 Å². The molecule has 2 aliphatic rings. The number of cyclic esters (lactones) is 1. The Morgan fingerprint density at radius 3 is 2.56 bits per heavy atom. The number of hydrogen-bond acceptors (Lipinski definition) is 6. The van der Waals surface area contributed by atoms with Crippen LogP contribution >= 0.6 is 0 Å². The third kappa shape index (κ3) is 4.08. The largest absolute Gasteiger partial charge is 0.447 e. The van der Waals surface area contributed by atoms with E-state index < -0.39 is 42.0 Å². The molecule has 2 unspecified atom stereocenters. The van der Waals surface area contributed by atoms with Gasteiger partial charge in [-0.1, -0.05) is 30.3 Å². The van der Waals surface area contributed by atoms with Crippen molar-refractivity contribution >= 4 is 6.09 Å². The summed E-state index contributed by atoms with van der Waals surface area (Å²) in [6, 6.07) is 8.79. The lowest BCUT2D eigenvalue weighted by atomic mass is 9.93. The fourth-order valence-corrected chi connectivity index (χ4v) is 3.47. The molecule has 150 valence electrons. The van der Waals surface area contributed by atoms with Gasteiger partial charge in [0.1, 0.15) is 18.8 Å². The van der Waals surface area contributed by atoms with Crippen molar-refractivity contribution in [2.45, 2.75) is 63.1 Å². The Hall–Kier alpha value is -1.74. The maximum Gasteiger partial charge on any atom is 0.412 e. The summed E-state index contributed by atoms with van der Waals surface area (Å²) in [4.78, 5) is 13.1. The van der Waals surface area contributed by atoms with Crippen LogP contribution < -0.4 is 0 Å². The average Bonchev–Trinajstić information content (AvgIpc) is 3.16. The van der Waals surface area contributed by atoms with E-state index in [1.54, 1.807) is 13.8 Å². The molecule has 2 saturated heterocycles. The molecule has 2 heterocycles. The van der Waals surface area contributed by atoms with Crippen molar-refractivity contribution in [2.75, 3.05) is 13.2 Å². The number of rotatable bonds is 6. The van der Waals surface area contributed by atoms with Gasteiger partial charge in [0.15, 0.2) is 17.7 Å². The van der Waals surface area contributed by atoms with Gasteiger partial charge in [-0.15, -0.1) is 0 Å². The van der Waals surface area contributed by atoms with Gasteiger partial charge >= 0.3 is 6.09 Å². The highest BCUT2D eigenvalue weighted by molar-refractivity contribution is 5.70. The molecule has 0 aromatic heterocycles. The quantitative estimate of drug-likeness (QED) is 0.776. The summed E-state index contributed by atoms with van der Waals surface area (Å²) in [6.45, 7) is 4.37. The molecule has 1 amide bonds. The van der Waals surface area contributed by atoms with Crippen LogP contribution in [-0.4, -0.2) is 70.4 Å². The third-order valence-electron chi connectivity index (χ3n) is 5.05. The topological polar surface area (TPSA) is 88.5 Å². The summed E-state index contributed by atoms with van der Waals surface area (Å²) in [7, 11) is 0. The molecule has 0 radical (unpaired) electrons. The van der Waals surface area contributed by atoms with E-state index in [0.29, 0.717) is 6.42 Å². The molecule has 0 aliphatic carbocycles. The lowest BCUT2D eigenvalue weighted by Crippen LogP contribution is -2.60. The normalized spacial score (nSPS) is 29.3. The molecule has 0 spiro atoms. The first-order valence-corrected chi connectivity index (χ1v) is 8.97.